The fourth-order valence-electron chi connectivity index (χ4n) is 3.97. The third kappa shape index (κ3) is 3.57. The molecule has 0 saturated heterocycles. The molecular weight excluding hydrogens is 432 g/mol. The molecule has 0 bridgehead atoms. The van der Waals surface area contributed by atoms with Crippen molar-refractivity contribution in [3.05, 3.63) is 119 Å². The highest BCUT2D eigenvalue weighted by atomic mass is 79.9. The van der Waals surface area contributed by atoms with Crippen LogP contribution in [0.25, 0.3) is 28.3 Å². The van der Waals surface area contributed by atoms with Gasteiger partial charge >= 0.3 is 0 Å². The van der Waals surface area contributed by atoms with Gasteiger partial charge in [0, 0.05) is 27.2 Å². The van der Waals surface area contributed by atoms with Crippen molar-refractivity contribution in [2.45, 2.75) is 12.3 Å². The predicted octanol–water partition coefficient (Wildman–Crippen LogP) is 7.57. The summed E-state index contributed by atoms with van der Waals surface area (Å²) < 4.78 is 3.37. The quantitative estimate of drug-likeness (QED) is 0.312. The van der Waals surface area contributed by atoms with Crippen molar-refractivity contribution in [1.82, 2.24) is 9.55 Å². The molecule has 0 amide bonds. The number of nitrogens with zero attached hydrogens (tertiary/aromatic N) is 2. The van der Waals surface area contributed by atoms with Gasteiger partial charge in [0.2, 0.25) is 0 Å². The topological polar surface area (TPSA) is 17.8 Å². The van der Waals surface area contributed by atoms with E-state index in [2.05, 4.69) is 124 Å². The van der Waals surface area contributed by atoms with Gasteiger partial charge in [-0.2, -0.15) is 0 Å². The molecule has 0 N–H and O–H groups in total. The van der Waals surface area contributed by atoms with Crippen molar-refractivity contribution in [3.63, 3.8) is 0 Å². The lowest BCUT2D eigenvalue weighted by Crippen LogP contribution is -2.02. The van der Waals surface area contributed by atoms with Crippen molar-refractivity contribution in [3.8, 4) is 28.3 Å². The van der Waals surface area contributed by atoms with Crippen LogP contribution in [0.15, 0.2) is 114 Å². The van der Waals surface area contributed by atoms with Crippen molar-refractivity contribution < 1.29 is 0 Å². The van der Waals surface area contributed by atoms with Gasteiger partial charge in [-0.15, -0.1) is 0 Å². The summed E-state index contributed by atoms with van der Waals surface area (Å²) in [4.78, 5) is 5.25. The van der Waals surface area contributed by atoms with Crippen molar-refractivity contribution >= 4 is 15.9 Å². The summed E-state index contributed by atoms with van der Waals surface area (Å²) in [6.07, 6.45) is 9.68. The summed E-state index contributed by atoms with van der Waals surface area (Å²) in [6, 6.07) is 29.5. The summed E-state index contributed by atoms with van der Waals surface area (Å²) in [7, 11) is 0. The highest BCUT2D eigenvalue weighted by Crippen LogP contribution is 2.39. The first-order valence-electron chi connectivity index (χ1n) is 10.1. The SMILES string of the molecule is Brc1ccc(-n2c(-c3ccccc3)nc(C3C=CC=CC3)c2-c2ccccc2)cc1. The standard InChI is InChI=1S/C27H21BrN2/c28-23-16-18-24(19-17-23)30-26(21-12-6-2-7-13-21)25(20-10-4-1-5-11-20)29-27(30)22-14-8-3-9-15-22/h1-10,12-20H,11H2. The smallest absolute Gasteiger partial charge is 0.145 e. The van der Waals surface area contributed by atoms with Crippen LogP contribution in [0.1, 0.15) is 18.0 Å². The average Bonchev–Trinajstić information content (AvgIpc) is 3.22. The molecule has 0 saturated carbocycles. The zero-order valence-electron chi connectivity index (χ0n) is 16.4. The van der Waals surface area contributed by atoms with Crippen LogP contribution in [0.4, 0.5) is 0 Å². The van der Waals surface area contributed by atoms with Gasteiger partial charge in [-0.05, 0) is 30.7 Å². The fourth-order valence-corrected chi connectivity index (χ4v) is 4.24. The summed E-state index contributed by atoms with van der Waals surface area (Å²) in [6.45, 7) is 0. The second-order valence-corrected chi connectivity index (χ2v) is 8.28. The van der Waals surface area contributed by atoms with Gasteiger partial charge in [-0.3, -0.25) is 4.57 Å². The van der Waals surface area contributed by atoms with Gasteiger partial charge in [0.05, 0.1) is 11.4 Å². The number of rotatable bonds is 4. The Morgan fingerprint density at radius 3 is 2.07 bits per heavy atom. The molecule has 4 aromatic rings. The second-order valence-electron chi connectivity index (χ2n) is 7.37. The molecule has 3 heteroatoms. The summed E-state index contributed by atoms with van der Waals surface area (Å²) in [5.74, 6) is 1.22. The lowest BCUT2D eigenvalue weighted by Gasteiger charge is -2.16. The third-order valence-corrected chi connectivity index (χ3v) is 5.93. The molecule has 30 heavy (non-hydrogen) atoms. The van der Waals surface area contributed by atoms with Crippen LogP contribution in [0.2, 0.25) is 0 Å². The van der Waals surface area contributed by atoms with Gasteiger partial charge in [0.15, 0.2) is 0 Å². The Morgan fingerprint density at radius 1 is 0.767 bits per heavy atom. The predicted molar refractivity (Wildman–Crippen MR) is 128 cm³/mol. The molecule has 0 aliphatic heterocycles. The van der Waals surface area contributed by atoms with E-state index in [1.807, 2.05) is 6.07 Å². The molecular formula is C27H21BrN2. The first kappa shape index (κ1) is 18.8. The van der Waals surface area contributed by atoms with E-state index < -0.39 is 0 Å². The Kier molecular flexibility index (Phi) is 5.20. The van der Waals surface area contributed by atoms with Crippen molar-refractivity contribution in [2.24, 2.45) is 0 Å². The minimum absolute atomic E-state index is 0.254. The van der Waals surface area contributed by atoms with Crippen LogP contribution in [0.5, 0.6) is 0 Å². The average molecular weight is 453 g/mol. The van der Waals surface area contributed by atoms with Crippen LogP contribution < -0.4 is 0 Å². The number of allylic oxidation sites excluding steroid dienone is 4. The first-order valence-corrected chi connectivity index (χ1v) is 10.9. The van der Waals surface area contributed by atoms with Gasteiger partial charge < -0.3 is 0 Å². The van der Waals surface area contributed by atoms with E-state index in [4.69, 9.17) is 4.98 Å². The van der Waals surface area contributed by atoms with E-state index in [1.165, 1.54) is 5.56 Å². The maximum atomic E-state index is 5.25. The number of benzene rings is 3. The van der Waals surface area contributed by atoms with Crippen molar-refractivity contribution in [2.75, 3.05) is 0 Å². The zero-order chi connectivity index (χ0) is 20.3. The molecule has 0 spiro atoms. The van der Waals surface area contributed by atoms with Crippen LogP contribution in [0.3, 0.4) is 0 Å². The molecule has 3 aromatic carbocycles. The molecule has 1 aliphatic rings. The van der Waals surface area contributed by atoms with Crippen LogP contribution in [0, 0.1) is 0 Å². The van der Waals surface area contributed by atoms with E-state index in [0.717, 1.165) is 39.4 Å². The number of hydrogen-bond acceptors (Lipinski definition) is 1. The van der Waals surface area contributed by atoms with E-state index in [0.29, 0.717) is 0 Å². The first-order chi connectivity index (χ1) is 14.8. The summed E-state index contributed by atoms with van der Waals surface area (Å²) in [5, 5.41) is 0. The zero-order valence-corrected chi connectivity index (χ0v) is 18.0. The Balaban J connectivity index is 1.83. The number of halogens is 1. The van der Waals surface area contributed by atoms with Gasteiger partial charge in [-0.25, -0.2) is 4.98 Å². The highest BCUT2D eigenvalue weighted by molar-refractivity contribution is 9.10. The maximum absolute atomic E-state index is 5.25. The molecule has 1 aliphatic carbocycles. The Labute approximate surface area is 185 Å². The lowest BCUT2D eigenvalue weighted by molar-refractivity contribution is 0.826. The molecule has 1 heterocycles. The van der Waals surface area contributed by atoms with Gasteiger partial charge in [0.25, 0.3) is 0 Å². The number of aromatic nitrogens is 2. The monoisotopic (exact) mass is 452 g/mol. The highest BCUT2D eigenvalue weighted by Gasteiger charge is 2.25. The van der Waals surface area contributed by atoms with Gasteiger partial charge in [-0.1, -0.05) is 101 Å². The van der Waals surface area contributed by atoms with Crippen molar-refractivity contribution in [1.29, 1.82) is 0 Å². The molecule has 146 valence electrons. The van der Waals surface area contributed by atoms with E-state index in [1.54, 1.807) is 0 Å². The summed E-state index contributed by atoms with van der Waals surface area (Å²) >= 11 is 3.57. The van der Waals surface area contributed by atoms with E-state index in [9.17, 15) is 0 Å². The molecule has 0 fully saturated rings. The van der Waals surface area contributed by atoms with E-state index >= 15 is 0 Å². The number of hydrogen-bond donors (Lipinski definition) is 0. The second kappa shape index (κ2) is 8.29. The molecule has 1 unspecified atom stereocenters. The number of imidazole rings is 1. The largest absolute Gasteiger partial charge is 0.292 e. The lowest BCUT2D eigenvalue weighted by atomic mass is 9.94. The normalized spacial score (nSPS) is 15.4. The maximum Gasteiger partial charge on any atom is 0.145 e. The molecule has 1 atom stereocenters. The molecule has 5 rings (SSSR count). The molecule has 1 aromatic heterocycles. The fraction of sp³-hybridized carbons (Fsp3) is 0.0741. The molecule has 2 nitrogen and oxygen atoms in total. The van der Waals surface area contributed by atoms with Crippen LogP contribution in [-0.2, 0) is 0 Å². The Bertz CT molecular complexity index is 1200. The van der Waals surface area contributed by atoms with Gasteiger partial charge in [0.1, 0.15) is 5.82 Å². The Morgan fingerprint density at radius 2 is 1.43 bits per heavy atom. The molecule has 0 radical (unpaired) electrons. The van der Waals surface area contributed by atoms with Crippen LogP contribution >= 0.6 is 15.9 Å². The van der Waals surface area contributed by atoms with E-state index in [-0.39, 0.29) is 5.92 Å². The Hall–Kier alpha value is -3.17. The summed E-state index contributed by atoms with van der Waals surface area (Å²) in [5.41, 5.74) is 5.66. The minimum Gasteiger partial charge on any atom is -0.292 e. The minimum atomic E-state index is 0.254. The third-order valence-electron chi connectivity index (χ3n) is 5.40. The van der Waals surface area contributed by atoms with Crippen LogP contribution in [-0.4, -0.2) is 9.55 Å².